The summed E-state index contributed by atoms with van der Waals surface area (Å²) in [4.78, 5) is 29.3. The van der Waals surface area contributed by atoms with Gasteiger partial charge in [0.2, 0.25) is 0 Å². The van der Waals surface area contributed by atoms with Crippen LogP contribution in [0.3, 0.4) is 0 Å². The zero-order chi connectivity index (χ0) is 9.71. The van der Waals surface area contributed by atoms with Gasteiger partial charge in [0.15, 0.2) is 0 Å². The maximum Gasteiger partial charge on any atom is 0.349 e. The van der Waals surface area contributed by atoms with Gasteiger partial charge >= 0.3 is 11.9 Å². The molecule has 0 saturated heterocycles. The summed E-state index contributed by atoms with van der Waals surface area (Å²) in [6.07, 6.45) is 1.47. The Bertz CT molecular complexity index is 570. The largest absolute Gasteiger partial charge is 0.386 e. The predicted molar refractivity (Wildman–Crippen MR) is 45.8 cm³/mol. The Hall–Kier alpha value is -2.17. The molecule has 5 nitrogen and oxygen atoms in total. The minimum absolute atomic E-state index is 0.258. The van der Waals surface area contributed by atoms with E-state index in [0.29, 0.717) is 5.52 Å². The number of aromatic nitrogens is 2. The second kappa shape index (κ2) is 2.20. The van der Waals surface area contributed by atoms with Gasteiger partial charge in [0.1, 0.15) is 11.1 Å². The summed E-state index contributed by atoms with van der Waals surface area (Å²) in [5.41, 5.74) is 1.75. The van der Waals surface area contributed by atoms with Crippen molar-refractivity contribution in [1.82, 2.24) is 9.97 Å². The van der Waals surface area contributed by atoms with E-state index in [1.54, 1.807) is 12.1 Å². The maximum atomic E-state index is 11.3. The molecule has 68 valence electrons. The fourth-order valence-corrected chi connectivity index (χ4v) is 1.58. The van der Waals surface area contributed by atoms with Gasteiger partial charge in [0.25, 0.3) is 0 Å². The van der Waals surface area contributed by atoms with E-state index < -0.39 is 11.9 Å². The smallest absolute Gasteiger partial charge is 0.349 e. The molecule has 0 bridgehead atoms. The van der Waals surface area contributed by atoms with Crippen molar-refractivity contribution in [1.29, 1.82) is 0 Å². The molecule has 1 aliphatic rings. The van der Waals surface area contributed by atoms with E-state index in [4.69, 9.17) is 0 Å². The van der Waals surface area contributed by atoms with E-state index >= 15 is 0 Å². The highest BCUT2D eigenvalue weighted by Gasteiger charge is 2.32. The monoisotopic (exact) mass is 188 g/mol. The second-order valence-electron chi connectivity index (χ2n) is 2.96. The zero-order valence-corrected chi connectivity index (χ0v) is 6.90. The Balaban J connectivity index is 2.51. The zero-order valence-electron chi connectivity index (χ0n) is 6.90. The highest BCUT2D eigenvalue weighted by atomic mass is 16.6. The molecule has 2 heterocycles. The van der Waals surface area contributed by atoms with Crippen molar-refractivity contribution in [2.45, 2.75) is 0 Å². The quantitative estimate of drug-likeness (QED) is 0.492. The van der Waals surface area contributed by atoms with Gasteiger partial charge < -0.3 is 9.72 Å². The number of ether oxygens (including phenoxy) is 1. The number of aromatic amines is 1. The Kier molecular flexibility index (Phi) is 1.14. The number of fused-ring (bicyclic) bond motifs is 3. The summed E-state index contributed by atoms with van der Waals surface area (Å²) in [5, 5.41) is 0. The summed E-state index contributed by atoms with van der Waals surface area (Å²) >= 11 is 0. The van der Waals surface area contributed by atoms with Crippen LogP contribution < -0.4 is 0 Å². The second-order valence-corrected chi connectivity index (χ2v) is 2.96. The van der Waals surface area contributed by atoms with Crippen LogP contribution in [0.15, 0.2) is 18.5 Å². The lowest BCUT2D eigenvalue weighted by Gasteiger charge is -1.92. The van der Waals surface area contributed by atoms with Gasteiger partial charge in [-0.1, -0.05) is 0 Å². The summed E-state index contributed by atoms with van der Waals surface area (Å²) in [5.74, 6) is -1.22. The number of hydrogen-bond acceptors (Lipinski definition) is 4. The molecule has 0 atom stereocenters. The molecule has 0 fully saturated rings. The van der Waals surface area contributed by atoms with E-state index in [1.165, 1.54) is 6.33 Å². The maximum absolute atomic E-state index is 11.3. The SMILES string of the molecule is O=C1OC(=O)c2c1ccc1[nH]cnc21. The van der Waals surface area contributed by atoms with E-state index in [0.717, 1.165) is 5.52 Å². The Morgan fingerprint density at radius 2 is 2.07 bits per heavy atom. The molecule has 1 N–H and O–H groups in total. The topological polar surface area (TPSA) is 72.1 Å². The number of benzene rings is 1. The Morgan fingerprint density at radius 1 is 1.21 bits per heavy atom. The number of hydrogen-bond donors (Lipinski definition) is 1. The van der Waals surface area contributed by atoms with Crippen LogP contribution in [-0.2, 0) is 4.74 Å². The van der Waals surface area contributed by atoms with Crippen LogP contribution in [0.25, 0.3) is 11.0 Å². The molecule has 1 aliphatic heterocycles. The van der Waals surface area contributed by atoms with Crippen LogP contribution in [0.2, 0.25) is 0 Å². The van der Waals surface area contributed by atoms with Crippen LogP contribution in [-0.4, -0.2) is 21.9 Å². The van der Waals surface area contributed by atoms with Crippen LogP contribution >= 0.6 is 0 Å². The van der Waals surface area contributed by atoms with Gasteiger partial charge in [0, 0.05) is 0 Å². The number of carbonyl (C=O) groups excluding carboxylic acids is 2. The third kappa shape index (κ3) is 0.711. The first-order chi connectivity index (χ1) is 6.77. The standard InChI is InChI=1S/C9H4N2O3/c12-8-4-1-2-5-7(11-3-10-5)6(4)9(13)14-8/h1-3H,(H,10,11). The minimum Gasteiger partial charge on any atom is -0.386 e. The van der Waals surface area contributed by atoms with Crippen LogP contribution in [0.1, 0.15) is 20.7 Å². The van der Waals surface area contributed by atoms with Gasteiger partial charge in [-0.15, -0.1) is 0 Å². The van der Waals surface area contributed by atoms with Crippen molar-refractivity contribution in [2.24, 2.45) is 0 Å². The fourth-order valence-electron chi connectivity index (χ4n) is 1.58. The number of nitrogens with one attached hydrogen (secondary N) is 1. The average molecular weight is 188 g/mol. The van der Waals surface area contributed by atoms with Gasteiger partial charge in [-0.3, -0.25) is 0 Å². The van der Waals surface area contributed by atoms with Gasteiger partial charge in [0.05, 0.1) is 17.4 Å². The molecule has 1 aromatic heterocycles. The summed E-state index contributed by atoms with van der Waals surface area (Å²) in [6, 6.07) is 3.25. The fraction of sp³-hybridized carbons (Fsp3) is 0. The lowest BCUT2D eigenvalue weighted by molar-refractivity contribution is 0.0444. The number of carbonyl (C=O) groups is 2. The number of rotatable bonds is 0. The molecular weight excluding hydrogens is 184 g/mol. The molecule has 0 amide bonds. The van der Waals surface area contributed by atoms with Crippen molar-refractivity contribution in [3.63, 3.8) is 0 Å². The van der Waals surface area contributed by atoms with E-state index in [-0.39, 0.29) is 11.1 Å². The minimum atomic E-state index is -0.622. The average Bonchev–Trinajstić information content (AvgIpc) is 2.71. The van der Waals surface area contributed by atoms with E-state index in [9.17, 15) is 9.59 Å². The summed E-state index contributed by atoms with van der Waals surface area (Å²) < 4.78 is 4.48. The van der Waals surface area contributed by atoms with Crippen molar-refractivity contribution >= 4 is 23.0 Å². The van der Waals surface area contributed by atoms with E-state index in [2.05, 4.69) is 14.7 Å². The Labute approximate surface area is 77.7 Å². The van der Waals surface area contributed by atoms with Crippen molar-refractivity contribution in [3.05, 3.63) is 29.6 Å². The molecule has 1 aromatic carbocycles. The third-order valence-electron chi connectivity index (χ3n) is 2.20. The third-order valence-corrected chi connectivity index (χ3v) is 2.20. The molecule has 3 rings (SSSR count). The number of nitrogens with zero attached hydrogens (tertiary/aromatic N) is 1. The van der Waals surface area contributed by atoms with E-state index in [1.807, 2.05) is 0 Å². The molecule has 0 radical (unpaired) electrons. The van der Waals surface area contributed by atoms with Gasteiger partial charge in [-0.2, -0.15) is 0 Å². The first-order valence-electron chi connectivity index (χ1n) is 4.00. The van der Waals surface area contributed by atoms with Crippen LogP contribution in [0.4, 0.5) is 0 Å². The number of cyclic esters (lactones) is 2. The van der Waals surface area contributed by atoms with Crippen LogP contribution in [0, 0.1) is 0 Å². The molecule has 2 aromatic rings. The molecular formula is C9H4N2O3. The molecule has 0 spiro atoms. The lowest BCUT2D eigenvalue weighted by atomic mass is 10.1. The van der Waals surface area contributed by atoms with Gasteiger partial charge in [-0.05, 0) is 12.1 Å². The first kappa shape index (κ1) is 7.25. The molecule has 0 saturated carbocycles. The Morgan fingerprint density at radius 3 is 2.93 bits per heavy atom. The first-order valence-corrected chi connectivity index (χ1v) is 4.00. The van der Waals surface area contributed by atoms with Crippen LogP contribution in [0.5, 0.6) is 0 Å². The normalized spacial score (nSPS) is 14.6. The van der Waals surface area contributed by atoms with Crippen molar-refractivity contribution < 1.29 is 14.3 Å². The highest BCUT2D eigenvalue weighted by molar-refractivity contribution is 6.20. The number of esters is 2. The summed E-state index contributed by atoms with van der Waals surface area (Å²) in [6.45, 7) is 0. The summed E-state index contributed by atoms with van der Waals surface area (Å²) in [7, 11) is 0. The molecule has 0 unspecified atom stereocenters. The molecule has 5 heteroatoms. The highest BCUT2D eigenvalue weighted by Crippen LogP contribution is 2.26. The molecule has 0 aliphatic carbocycles. The predicted octanol–water partition coefficient (Wildman–Crippen LogP) is 0.873. The number of imidazole rings is 1. The van der Waals surface area contributed by atoms with Crippen molar-refractivity contribution in [3.8, 4) is 0 Å². The molecule has 14 heavy (non-hydrogen) atoms. The number of H-pyrrole nitrogens is 1. The van der Waals surface area contributed by atoms with Crippen molar-refractivity contribution in [2.75, 3.05) is 0 Å². The lowest BCUT2D eigenvalue weighted by Crippen LogP contribution is -1.97. The van der Waals surface area contributed by atoms with Gasteiger partial charge in [-0.25, -0.2) is 14.6 Å².